The molecule has 0 radical (unpaired) electrons. The van der Waals surface area contributed by atoms with Crippen molar-refractivity contribution in [3.63, 3.8) is 0 Å². The topological polar surface area (TPSA) is 79.8 Å². The summed E-state index contributed by atoms with van der Waals surface area (Å²) >= 11 is 0. The molecule has 2 heterocycles. The Labute approximate surface area is 165 Å². The minimum Gasteiger partial charge on any atom is -0.493 e. The summed E-state index contributed by atoms with van der Waals surface area (Å²) in [6, 6.07) is 7.78. The molecule has 1 fully saturated rings. The molecule has 0 unspecified atom stereocenters. The van der Waals surface area contributed by atoms with E-state index in [0.717, 1.165) is 30.3 Å². The van der Waals surface area contributed by atoms with Crippen molar-refractivity contribution in [2.24, 2.45) is 0 Å². The summed E-state index contributed by atoms with van der Waals surface area (Å²) in [6.07, 6.45) is 0. The Morgan fingerprint density at radius 3 is 2.43 bits per heavy atom. The lowest BCUT2D eigenvalue weighted by Gasteiger charge is -2.35. The molecule has 8 nitrogen and oxygen atoms in total. The van der Waals surface area contributed by atoms with Crippen LogP contribution in [0.1, 0.15) is 18.3 Å². The molecule has 1 aliphatic rings. The maximum absolute atomic E-state index is 11.5. The first-order valence-corrected chi connectivity index (χ1v) is 9.31. The quantitative estimate of drug-likeness (QED) is 0.815. The van der Waals surface area contributed by atoms with E-state index in [1.807, 2.05) is 36.1 Å². The highest BCUT2D eigenvalue weighted by molar-refractivity contribution is 5.73. The average Bonchev–Trinajstić information content (AvgIpc) is 2.71. The minimum atomic E-state index is 0.121. The van der Waals surface area contributed by atoms with E-state index >= 15 is 0 Å². The molecule has 0 aliphatic carbocycles. The van der Waals surface area contributed by atoms with Crippen molar-refractivity contribution in [3.05, 3.63) is 35.7 Å². The first-order valence-electron chi connectivity index (χ1n) is 9.31. The molecule has 3 rings (SSSR count). The maximum atomic E-state index is 11.5. The highest BCUT2D eigenvalue weighted by atomic mass is 16.5. The van der Waals surface area contributed by atoms with Crippen LogP contribution in [0.5, 0.6) is 11.5 Å². The van der Waals surface area contributed by atoms with Crippen LogP contribution in [0.2, 0.25) is 0 Å². The van der Waals surface area contributed by atoms with Gasteiger partial charge in [-0.25, -0.2) is 9.97 Å². The minimum absolute atomic E-state index is 0.121. The summed E-state index contributed by atoms with van der Waals surface area (Å²) in [5.41, 5.74) is 1.06. The SMILES string of the molecule is COc1ccc(CNc2cc(N3CCN(C(C)=O)CC3)nc(C)n2)cc1OC. The summed E-state index contributed by atoms with van der Waals surface area (Å²) in [7, 11) is 3.25. The van der Waals surface area contributed by atoms with Crippen molar-refractivity contribution in [2.45, 2.75) is 20.4 Å². The van der Waals surface area contributed by atoms with Crippen LogP contribution in [0.15, 0.2) is 24.3 Å². The lowest BCUT2D eigenvalue weighted by Crippen LogP contribution is -2.48. The Bertz CT molecular complexity index is 835. The molecule has 0 saturated carbocycles. The van der Waals surface area contributed by atoms with Crippen molar-refractivity contribution in [3.8, 4) is 11.5 Å². The van der Waals surface area contributed by atoms with Gasteiger partial charge in [-0.05, 0) is 24.6 Å². The van der Waals surface area contributed by atoms with Crippen molar-refractivity contribution in [2.75, 3.05) is 50.6 Å². The lowest BCUT2D eigenvalue weighted by molar-refractivity contribution is -0.129. The third kappa shape index (κ3) is 4.62. The number of amides is 1. The van der Waals surface area contributed by atoms with Gasteiger partial charge in [-0.15, -0.1) is 0 Å². The Kier molecular flexibility index (Phi) is 6.18. The number of aryl methyl sites for hydroxylation is 1. The van der Waals surface area contributed by atoms with Gasteiger partial charge in [0, 0.05) is 45.7 Å². The summed E-state index contributed by atoms with van der Waals surface area (Å²) < 4.78 is 10.6. The molecule has 150 valence electrons. The molecule has 0 atom stereocenters. The first kappa shape index (κ1) is 19.7. The number of aromatic nitrogens is 2. The number of nitrogens with one attached hydrogen (secondary N) is 1. The van der Waals surface area contributed by atoms with Crippen molar-refractivity contribution in [1.82, 2.24) is 14.9 Å². The van der Waals surface area contributed by atoms with Crippen LogP contribution in [0.3, 0.4) is 0 Å². The third-order valence-electron chi connectivity index (χ3n) is 4.80. The Morgan fingerprint density at radius 1 is 1.07 bits per heavy atom. The molecule has 28 heavy (non-hydrogen) atoms. The Morgan fingerprint density at radius 2 is 1.79 bits per heavy atom. The van der Waals surface area contributed by atoms with E-state index in [0.29, 0.717) is 37.0 Å². The predicted octanol–water partition coefficient (Wildman–Crippen LogP) is 2.08. The standard InChI is InChI=1S/C20H27N5O3/c1-14-22-19(21-13-16-5-6-17(27-3)18(11-16)28-4)12-20(23-14)25-9-7-24(8-10-25)15(2)26/h5-6,11-12H,7-10,13H2,1-4H3,(H,21,22,23). The molecule has 1 aliphatic heterocycles. The number of hydrogen-bond donors (Lipinski definition) is 1. The molecular weight excluding hydrogens is 358 g/mol. The van der Waals surface area contributed by atoms with Crippen molar-refractivity contribution < 1.29 is 14.3 Å². The molecule has 8 heteroatoms. The molecule has 1 saturated heterocycles. The second kappa shape index (κ2) is 8.77. The number of ether oxygens (including phenoxy) is 2. The van der Waals surface area contributed by atoms with E-state index in [9.17, 15) is 4.79 Å². The second-order valence-corrected chi connectivity index (χ2v) is 6.69. The van der Waals surface area contributed by atoms with Gasteiger partial charge in [-0.1, -0.05) is 6.07 Å². The van der Waals surface area contributed by atoms with E-state index in [1.54, 1.807) is 21.1 Å². The number of hydrogen-bond acceptors (Lipinski definition) is 7. The number of methoxy groups -OCH3 is 2. The first-order chi connectivity index (χ1) is 13.5. The zero-order chi connectivity index (χ0) is 20.1. The fourth-order valence-electron chi connectivity index (χ4n) is 3.24. The predicted molar refractivity (Wildman–Crippen MR) is 108 cm³/mol. The molecule has 0 bridgehead atoms. The van der Waals surface area contributed by atoms with Crippen LogP contribution in [0, 0.1) is 6.92 Å². The van der Waals surface area contributed by atoms with Gasteiger partial charge in [-0.3, -0.25) is 4.79 Å². The van der Waals surface area contributed by atoms with E-state index < -0.39 is 0 Å². The van der Waals surface area contributed by atoms with Gasteiger partial charge in [0.05, 0.1) is 14.2 Å². The summed E-state index contributed by atoms with van der Waals surface area (Å²) in [5.74, 6) is 3.88. The molecule has 1 amide bonds. The van der Waals surface area contributed by atoms with Crippen LogP contribution >= 0.6 is 0 Å². The number of anilines is 2. The number of rotatable bonds is 6. The van der Waals surface area contributed by atoms with Gasteiger partial charge in [0.15, 0.2) is 11.5 Å². The molecule has 2 aromatic rings. The van der Waals surface area contributed by atoms with Crippen LogP contribution in [-0.2, 0) is 11.3 Å². The van der Waals surface area contributed by atoms with Gasteiger partial charge in [-0.2, -0.15) is 0 Å². The van der Waals surface area contributed by atoms with Gasteiger partial charge in [0.25, 0.3) is 0 Å². The molecule has 1 aromatic carbocycles. The number of carbonyl (C=O) groups excluding carboxylic acids is 1. The highest BCUT2D eigenvalue weighted by Crippen LogP contribution is 2.28. The molecule has 1 N–H and O–H groups in total. The summed E-state index contributed by atoms with van der Waals surface area (Å²) in [6.45, 7) is 7.07. The van der Waals surface area contributed by atoms with Crippen LogP contribution < -0.4 is 19.7 Å². The smallest absolute Gasteiger partial charge is 0.219 e. The maximum Gasteiger partial charge on any atom is 0.219 e. The zero-order valence-electron chi connectivity index (χ0n) is 16.9. The van der Waals surface area contributed by atoms with Gasteiger partial charge < -0.3 is 24.6 Å². The third-order valence-corrected chi connectivity index (χ3v) is 4.80. The lowest BCUT2D eigenvalue weighted by atomic mass is 10.2. The fourth-order valence-corrected chi connectivity index (χ4v) is 3.24. The second-order valence-electron chi connectivity index (χ2n) is 6.69. The average molecular weight is 385 g/mol. The number of benzene rings is 1. The van der Waals surface area contributed by atoms with Gasteiger partial charge in [0.1, 0.15) is 17.5 Å². The normalized spacial score (nSPS) is 14.0. The monoisotopic (exact) mass is 385 g/mol. The van der Waals surface area contributed by atoms with Crippen molar-refractivity contribution >= 4 is 17.5 Å². The Balaban J connectivity index is 1.68. The fraction of sp³-hybridized carbons (Fsp3) is 0.450. The van der Waals surface area contributed by atoms with Crippen LogP contribution in [0.25, 0.3) is 0 Å². The number of carbonyl (C=O) groups is 1. The largest absolute Gasteiger partial charge is 0.493 e. The van der Waals surface area contributed by atoms with E-state index in [1.165, 1.54) is 0 Å². The summed E-state index contributed by atoms with van der Waals surface area (Å²) in [4.78, 5) is 24.6. The zero-order valence-corrected chi connectivity index (χ0v) is 16.9. The van der Waals surface area contributed by atoms with E-state index in [4.69, 9.17) is 9.47 Å². The van der Waals surface area contributed by atoms with Crippen LogP contribution in [-0.4, -0.2) is 61.2 Å². The molecule has 0 spiro atoms. The van der Waals surface area contributed by atoms with Crippen molar-refractivity contribution in [1.29, 1.82) is 0 Å². The van der Waals surface area contributed by atoms with Gasteiger partial charge >= 0.3 is 0 Å². The Hall–Kier alpha value is -3.03. The van der Waals surface area contributed by atoms with E-state index in [2.05, 4.69) is 20.2 Å². The van der Waals surface area contributed by atoms with Gasteiger partial charge in [0.2, 0.25) is 5.91 Å². The van der Waals surface area contributed by atoms with Crippen LogP contribution in [0.4, 0.5) is 11.6 Å². The number of nitrogens with zero attached hydrogens (tertiary/aromatic N) is 4. The molecular formula is C20H27N5O3. The highest BCUT2D eigenvalue weighted by Gasteiger charge is 2.20. The van der Waals surface area contributed by atoms with E-state index in [-0.39, 0.29) is 5.91 Å². The molecule has 1 aromatic heterocycles. The number of piperazine rings is 1. The summed E-state index contributed by atoms with van der Waals surface area (Å²) in [5, 5.41) is 3.36.